The molecule has 0 fully saturated rings. The Bertz CT molecular complexity index is 902. The molecule has 0 saturated carbocycles. The van der Waals surface area contributed by atoms with Crippen LogP contribution in [0.25, 0.3) is 11.3 Å². The zero-order chi connectivity index (χ0) is 16.4. The van der Waals surface area contributed by atoms with Gasteiger partial charge in [-0.2, -0.15) is 5.10 Å². The summed E-state index contributed by atoms with van der Waals surface area (Å²) in [5.41, 5.74) is 2.96. The van der Waals surface area contributed by atoms with Crippen molar-refractivity contribution in [2.45, 2.75) is 13.5 Å². The first-order chi connectivity index (χ1) is 11.0. The Morgan fingerprint density at radius 2 is 1.74 bits per heavy atom. The molecule has 0 aliphatic carbocycles. The van der Waals surface area contributed by atoms with Gasteiger partial charge >= 0.3 is 0 Å². The van der Waals surface area contributed by atoms with Crippen molar-refractivity contribution >= 4 is 23.2 Å². The van der Waals surface area contributed by atoms with Gasteiger partial charge in [0.1, 0.15) is 0 Å². The monoisotopic (exact) mass is 344 g/mol. The van der Waals surface area contributed by atoms with Crippen LogP contribution in [-0.2, 0) is 6.54 Å². The number of benzene rings is 2. The molecule has 3 aromatic rings. The van der Waals surface area contributed by atoms with Gasteiger partial charge in [0, 0.05) is 16.1 Å². The van der Waals surface area contributed by atoms with E-state index in [9.17, 15) is 4.79 Å². The fraction of sp³-hybridized carbons (Fsp3) is 0.111. The number of hydrogen-bond acceptors (Lipinski definition) is 2. The van der Waals surface area contributed by atoms with Crippen LogP contribution >= 0.6 is 23.2 Å². The Balaban J connectivity index is 2.05. The van der Waals surface area contributed by atoms with E-state index in [1.54, 1.807) is 25.1 Å². The van der Waals surface area contributed by atoms with Gasteiger partial charge in [0.15, 0.2) is 0 Å². The molecule has 0 saturated heterocycles. The third kappa shape index (κ3) is 3.46. The van der Waals surface area contributed by atoms with E-state index in [0.717, 1.165) is 11.1 Å². The van der Waals surface area contributed by atoms with Gasteiger partial charge in [0.05, 0.1) is 17.3 Å². The van der Waals surface area contributed by atoms with Crippen LogP contribution in [0.4, 0.5) is 0 Å². The van der Waals surface area contributed by atoms with E-state index < -0.39 is 0 Å². The normalized spacial score (nSPS) is 10.7. The molecule has 0 amide bonds. The van der Waals surface area contributed by atoms with E-state index in [1.807, 2.05) is 36.4 Å². The second-order valence-corrected chi connectivity index (χ2v) is 6.13. The Morgan fingerprint density at radius 1 is 1.04 bits per heavy atom. The summed E-state index contributed by atoms with van der Waals surface area (Å²) in [6.45, 7) is 2.16. The van der Waals surface area contributed by atoms with Crippen molar-refractivity contribution < 1.29 is 0 Å². The predicted octanol–water partition coefficient (Wildman–Crippen LogP) is 4.57. The van der Waals surface area contributed by atoms with Crippen LogP contribution in [0.1, 0.15) is 11.1 Å². The lowest BCUT2D eigenvalue weighted by Crippen LogP contribution is -2.25. The smallest absolute Gasteiger partial charge is 0.268 e. The molecule has 2 aromatic carbocycles. The van der Waals surface area contributed by atoms with Crippen LogP contribution < -0.4 is 5.56 Å². The molecule has 0 bridgehead atoms. The van der Waals surface area contributed by atoms with Crippen LogP contribution in [0.3, 0.4) is 0 Å². The van der Waals surface area contributed by atoms with Crippen molar-refractivity contribution in [3.8, 4) is 11.3 Å². The Morgan fingerprint density at radius 3 is 2.43 bits per heavy atom. The van der Waals surface area contributed by atoms with Crippen molar-refractivity contribution in [1.82, 2.24) is 9.78 Å². The largest absolute Gasteiger partial charge is 0.270 e. The molecule has 3 rings (SSSR count). The number of aromatic nitrogens is 2. The summed E-state index contributed by atoms with van der Waals surface area (Å²) in [6.07, 6.45) is 0. The number of hydrogen-bond donors (Lipinski definition) is 0. The highest BCUT2D eigenvalue weighted by molar-refractivity contribution is 6.33. The van der Waals surface area contributed by atoms with E-state index >= 15 is 0 Å². The fourth-order valence-electron chi connectivity index (χ4n) is 2.35. The van der Waals surface area contributed by atoms with Gasteiger partial charge in [-0.25, -0.2) is 4.68 Å². The van der Waals surface area contributed by atoms with Crippen molar-refractivity contribution in [3.63, 3.8) is 0 Å². The molecule has 1 aromatic heterocycles. The quantitative estimate of drug-likeness (QED) is 0.697. The maximum atomic E-state index is 12.3. The number of nitrogens with zero attached hydrogens (tertiary/aromatic N) is 2. The highest BCUT2D eigenvalue weighted by Gasteiger charge is 2.10. The third-order valence-electron chi connectivity index (χ3n) is 3.55. The highest BCUT2D eigenvalue weighted by atomic mass is 35.5. The van der Waals surface area contributed by atoms with Gasteiger partial charge in [-0.3, -0.25) is 4.79 Å². The molecule has 0 aliphatic rings. The van der Waals surface area contributed by atoms with Gasteiger partial charge in [-0.05, 0) is 36.8 Å². The van der Waals surface area contributed by atoms with E-state index in [1.165, 1.54) is 4.68 Å². The summed E-state index contributed by atoms with van der Waals surface area (Å²) in [5.74, 6) is 0. The van der Waals surface area contributed by atoms with Gasteiger partial charge in [0.25, 0.3) is 5.56 Å². The molecule has 1 heterocycles. The predicted molar refractivity (Wildman–Crippen MR) is 94.2 cm³/mol. The Hall–Kier alpha value is -2.10. The second-order valence-electron chi connectivity index (χ2n) is 5.28. The fourth-order valence-corrected chi connectivity index (χ4v) is 2.70. The van der Waals surface area contributed by atoms with Crippen molar-refractivity contribution in [3.05, 3.63) is 86.1 Å². The lowest BCUT2D eigenvalue weighted by molar-refractivity contribution is 0.638. The average Bonchev–Trinajstić information content (AvgIpc) is 2.54. The van der Waals surface area contributed by atoms with Crippen molar-refractivity contribution in [1.29, 1.82) is 0 Å². The van der Waals surface area contributed by atoms with E-state index in [4.69, 9.17) is 23.2 Å². The zero-order valence-electron chi connectivity index (χ0n) is 12.5. The Kier molecular flexibility index (Phi) is 4.51. The molecular weight excluding hydrogens is 331 g/mol. The maximum absolute atomic E-state index is 12.3. The summed E-state index contributed by atoms with van der Waals surface area (Å²) in [5, 5.41) is 5.74. The lowest BCUT2D eigenvalue weighted by Gasteiger charge is -2.10. The molecule has 0 spiro atoms. The van der Waals surface area contributed by atoms with Gasteiger partial charge < -0.3 is 0 Å². The molecule has 0 unspecified atom stereocenters. The van der Waals surface area contributed by atoms with Gasteiger partial charge in [-0.15, -0.1) is 0 Å². The molecule has 0 radical (unpaired) electrons. The zero-order valence-corrected chi connectivity index (χ0v) is 14.0. The summed E-state index contributed by atoms with van der Waals surface area (Å²) in [7, 11) is 0. The van der Waals surface area contributed by atoms with Crippen LogP contribution in [0.5, 0.6) is 0 Å². The molecule has 116 valence electrons. The number of rotatable bonds is 3. The first kappa shape index (κ1) is 15.8. The van der Waals surface area contributed by atoms with Crippen molar-refractivity contribution in [2.75, 3.05) is 0 Å². The van der Waals surface area contributed by atoms with E-state index in [2.05, 4.69) is 5.10 Å². The van der Waals surface area contributed by atoms with Crippen LogP contribution in [0.2, 0.25) is 10.0 Å². The first-order valence-electron chi connectivity index (χ1n) is 7.13. The topological polar surface area (TPSA) is 34.9 Å². The number of aryl methyl sites for hydroxylation is 1. The molecular formula is C18H14Cl2N2O. The van der Waals surface area contributed by atoms with E-state index in [0.29, 0.717) is 27.8 Å². The molecule has 5 heteroatoms. The van der Waals surface area contributed by atoms with Crippen LogP contribution in [-0.4, -0.2) is 9.78 Å². The summed E-state index contributed by atoms with van der Waals surface area (Å²) < 4.78 is 1.46. The Labute approximate surface area is 144 Å². The standard InChI is InChI=1S/C18H14Cl2N2O/c1-12-10-17(15-4-2-3-5-16(15)20)21-22(18(12)23)11-13-6-8-14(19)9-7-13/h2-10H,11H2,1H3. The summed E-state index contributed by atoms with van der Waals surface area (Å²) in [6, 6.07) is 16.6. The molecule has 0 atom stereocenters. The summed E-state index contributed by atoms with van der Waals surface area (Å²) in [4.78, 5) is 12.3. The maximum Gasteiger partial charge on any atom is 0.270 e. The average molecular weight is 345 g/mol. The van der Waals surface area contributed by atoms with Gasteiger partial charge in [0.2, 0.25) is 0 Å². The summed E-state index contributed by atoms with van der Waals surface area (Å²) >= 11 is 12.1. The molecule has 0 N–H and O–H groups in total. The van der Waals surface area contributed by atoms with Gasteiger partial charge in [-0.1, -0.05) is 53.5 Å². The lowest BCUT2D eigenvalue weighted by atomic mass is 10.1. The van der Waals surface area contributed by atoms with Crippen molar-refractivity contribution in [2.24, 2.45) is 0 Å². The third-order valence-corrected chi connectivity index (χ3v) is 4.13. The number of halogens is 2. The second kappa shape index (κ2) is 6.57. The van der Waals surface area contributed by atoms with Crippen LogP contribution in [0.15, 0.2) is 59.4 Å². The minimum atomic E-state index is -0.115. The van der Waals surface area contributed by atoms with E-state index in [-0.39, 0.29) is 5.56 Å². The molecule has 3 nitrogen and oxygen atoms in total. The first-order valence-corrected chi connectivity index (χ1v) is 7.88. The minimum absolute atomic E-state index is 0.115. The van der Waals surface area contributed by atoms with Crippen LogP contribution in [0, 0.1) is 6.92 Å². The molecule has 23 heavy (non-hydrogen) atoms. The SMILES string of the molecule is Cc1cc(-c2ccccc2Cl)nn(Cc2ccc(Cl)cc2)c1=O. The molecule has 0 aliphatic heterocycles. The minimum Gasteiger partial charge on any atom is -0.268 e. The highest BCUT2D eigenvalue weighted by Crippen LogP contribution is 2.25.